The number of aromatic nitrogens is 1. The van der Waals surface area contributed by atoms with E-state index in [1.54, 1.807) is 6.92 Å². The lowest BCUT2D eigenvalue weighted by Crippen LogP contribution is -2.15. The molecule has 0 aliphatic heterocycles. The Balaban J connectivity index is 3.39. The smallest absolute Gasteiger partial charge is 0.320 e. The third-order valence-corrected chi connectivity index (χ3v) is 2.03. The lowest BCUT2D eigenvalue weighted by molar-refractivity contribution is -0.386. The molecule has 1 rings (SSSR count). The number of aromatic amines is 1. The van der Waals surface area contributed by atoms with Crippen LogP contribution in [0.4, 0.5) is 5.69 Å². The standard InChI is InChI=1S/C9H12N2O3/c1-5(2)8-6(3)4-7(11(13)14)9(12)10-8/h4-5H,1-3H3,(H,10,12). The van der Waals surface area contributed by atoms with E-state index < -0.39 is 16.2 Å². The summed E-state index contributed by atoms with van der Waals surface area (Å²) in [5.41, 5.74) is 0.461. The van der Waals surface area contributed by atoms with Crippen molar-refractivity contribution < 1.29 is 4.92 Å². The minimum absolute atomic E-state index is 0.156. The second-order valence-corrected chi connectivity index (χ2v) is 3.49. The van der Waals surface area contributed by atoms with Crippen LogP contribution in [0.1, 0.15) is 31.0 Å². The van der Waals surface area contributed by atoms with Crippen LogP contribution in [0.25, 0.3) is 0 Å². The molecular formula is C9H12N2O3. The van der Waals surface area contributed by atoms with E-state index in [1.165, 1.54) is 6.07 Å². The van der Waals surface area contributed by atoms with E-state index in [-0.39, 0.29) is 5.92 Å². The van der Waals surface area contributed by atoms with Crippen LogP contribution < -0.4 is 5.56 Å². The molecule has 1 aromatic rings. The Morgan fingerprint density at radius 2 is 2.07 bits per heavy atom. The van der Waals surface area contributed by atoms with Crippen LogP contribution in [-0.2, 0) is 0 Å². The first-order chi connectivity index (χ1) is 6.43. The molecular weight excluding hydrogens is 184 g/mol. The molecule has 0 saturated carbocycles. The van der Waals surface area contributed by atoms with Gasteiger partial charge in [0, 0.05) is 11.8 Å². The number of rotatable bonds is 2. The molecule has 76 valence electrons. The molecule has 0 amide bonds. The third kappa shape index (κ3) is 1.81. The van der Waals surface area contributed by atoms with E-state index in [0.29, 0.717) is 0 Å². The van der Waals surface area contributed by atoms with Crippen molar-refractivity contribution in [1.29, 1.82) is 0 Å². The Morgan fingerprint density at radius 1 is 1.50 bits per heavy atom. The van der Waals surface area contributed by atoms with Gasteiger partial charge in [-0.1, -0.05) is 13.8 Å². The van der Waals surface area contributed by atoms with Crippen LogP contribution in [0.2, 0.25) is 0 Å². The van der Waals surface area contributed by atoms with Gasteiger partial charge in [0.15, 0.2) is 0 Å². The molecule has 0 atom stereocenters. The molecule has 0 bridgehead atoms. The number of nitrogens with one attached hydrogen (secondary N) is 1. The number of nitrogens with zero attached hydrogens (tertiary/aromatic N) is 1. The lowest BCUT2D eigenvalue weighted by Gasteiger charge is -2.07. The number of nitro groups is 1. The van der Waals surface area contributed by atoms with Crippen LogP contribution in [0.5, 0.6) is 0 Å². The molecule has 5 nitrogen and oxygen atoms in total. The number of pyridine rings is 1. The average Bonchev–Trinajstić information content (AvgIpc) is 2.07. The van der Waals surface area contributed by atoms with E-state index in [2.05, 4.69) is 4.98 Å². The Labute approximate surface area is 80.9 Å². The van der Waals surface area contributed by atoms with Crippen LogP contribution in [0.3, 0.4) is 0 Å². The number of hydrogen-bond donors (Lipinski definition) is 1. The molecule has 0 fully saturated rings. The maximum Gasteiger partial charge on any atom is 0.334 e. The Hall–Kier alpha value is -1.65. The van der Waals surface area contributed by atoms with Gasteiger partial charge in [-0.2, -0.15) is 0 Å². The highest BCUT2D eigenvalue weighted by atomic mass is 16.6. The second kappa shape index (κ2) is 3.61. The topological polar surface area (TPSA) is 76.0 Å². The van der Waals surface area contributed by atoms with Crippen molar-refractivity contribution in [2.24, 2.45) is 0 Å². The van der Waals surface area contributed by atoms with E-state index in [4.69, 9.17) is 0 Å². The number of H-pyrrole nitrogens is 1. The number of aryl methyl sites for hydroxylation is 1. The molecule has 0 unspecified atom stereocenters. The SMILES string of the molecule is Cc1cc([N+](=O)[O-])c(=O)[nH]c1C(C)C. The Bertz CT molecular complexity index is 421. The largest absolute Gasteiger partial charge is 0.334 e. The summed E-state index contributed by atoms with van der Waals surface area (Å²) >= 11 is 0. The molecule has 0 aliphatic carbocycles. The lowest BCUT2D eigenvalue weighted by atomic mass is 10.0. The summed E-state index contributed by atoms with van der Waals surface area (Å²) in [6, 6.07) is 1.31. The van der Waals surface area contributed by atoms with Crippen LogP contribution in [0, 0.1) is 17.0 Å². The van der Waals surface area contributed by atoms with Crippen LogP contribution >= 0.6 is 0 Å². The summed E-state index contributed by atoms with van der Waals surface area (Å²) in [6.45, 7) is 5.59. The van der Waals surface area contributed by atoms with Crippen molar-refractivity contribution in [1.82, 2.24) is 4.98 Å². The van der Waals surface area contributed by atoms with Gasteiger partial charge in [0.1, 0.15) is 0 Å². The summed E-state index contributed by atoms with van der Waals surface area (Å²) < 4.78 is 0. The highest BCUT2D eigenvalue weighted by Crippen LogP contribution is 2.17. The van der Waals surface area contributed by atoms with E-state index in [9.17, 15) is 14.9 Å². The molecule has 1 aromatic heterocycles. The zero-order valence-electron chi connectivity index (χ0n) is 8.33. The predicted octanol–water partition coefficient (Wildman–Crippen LogP) is 1.71. The molecule has 0 saturated heterocycles. The summed E-state index contributed by atoms with van der Waals surface area (Å²) in [6.07, 6.45) is 0. The zero-order valence-corrected chi connectivity index (χ0v) is 8.33. The minimum Gasteiger partial charge on any atom is -0.320 e. The molecule has 0 aliphatic rings. The van der Waals surface area contributed by atoms with Gasteiger partial charge >= 0.3 is 11.2 Å². The maximum atomic E-state index is 11.2. The predicted molar refractivity (Wildman–Crippen MR) is 52.5 cm³/mol. The molecule has 0 radical (unpaired) electrons. The third-order valence-electron chi connectivity index (χ3n) is 2.03. The van der Waals surface area contributed by atoms with E-state index in [1.807, 2.05) is 13.8 Å². The molecule has 1 heterocycles. The van der Waals surface area contributed by atoms with Gasteiger partial charge in [-0.05, 0) is 18.4 Å². The van der Waals surface area contributed by atoms with E-state index >= 15 is 0 Å². The Morgan fingerprint density at radius 3 is 2.50 bits per heavy atom. The molecule has 0 spiro atoms. The normalized spacial score (nSPS) is 10.6. The first-order valence-electron chi connectivity index (χ1n) is 4.31. The summed E-state index contributed by atoms with van der Waals surface area (Å²) in [7, 11) is 0. The van der Waals surface area contributed by atoms with Crippen LogP contribution in [-0.4, -0.2) is 9.91 Å². The fourth-order valence-corrected chi connectivity index (χ4v) is 1.37. The van der Waals surface area contributed by atoms with Crippen LogP contribution in [0.15, 0.2) is 10.9 Å². The van der Waals surface area contributed by atoms with Gasteiger partial charge in [-0.3, -0.25) is 14.9 Å². The fraction of sp³-hybridized carbons (Fsp3) is 0.444. The van der Waals surface area contributed by atoms with Gasteiger partial charge in [-0.15, -0.1) is 0 Å². The van der Waals surface area contributed by atoms with Crippen molar-refractivity contribution in [2.45, 2.75) is 26.7 Å². The quantitative estimate of drug-likeness (QED) is 0.577. The summed E-state index contributed by atoms with van der Waals surface area (Å²) in [5, 5.41) is 10.4. The monoisotopic (exact) mass is 196 g/mol. The average molecular weight is 196 g/mol. The van der Waals surface area contributed by atoms with Gasteiger partial charge in [0.25, 0.3) is 0 Å². The van der Waals surface area contributed by atoms with Crippen molar-refractivity contribution in [3.05, 3.63) is 37.8 Å². The highest BCUT2D eigenvalue weighted by molar-refractivity contribution is 5.34. The summed E-state index contributed by atoms with van der Waals surface area (Å²) in [5.74, 6) is 0.156. The highest BCUT2D eigenvalue weighted by Gasteiger charge is 2.15. The minimum atomic E-state index is -0.671. The summed E-state index contributed by atoms with van der Waals surface area (Å²) in [4.78, 5) is 23.5. The number of hydrogen-bond acceptors (Lipinski definition) is 3. The van der Waals surface area contributed by atoms with Gasteiger partial charge < -0.3 is 4.98 Å². The maximum absolute atomic E-state index is 11.2. The van der Waals surface area contributed by atoms with Crippen molar-refractivity contribution in [2.75, 3.05) is 0 Å². The van der Waals surface area contributed by atoms with Crippen molar-refractivity contribution in [3.63, 3.8) is 0 Å². The van der Waals surface area contributed by atoms with Crippen molar-refractivity contribution in [3.8, 4) is 0 Å². The van der Waals surface area contributed by atoms with E-state index in [0.717, 1.165) is 11.3 Å². The van der Waals surface area contributed by atoms with Gasteiger partial charge in [0.2, 0.25) is 0 Å². The molecule has 14 heavy (non-hydrogen) atoms. The van der Waals surface area contributed by atoms with Crippen molar-refractivity contribution >= 4 is 5.69 Å². The van der Waals surface area contributed by atoms with Gasteiger partial charge in [-0.25, -0.2) is 0 Å². The Kier molecular flexibility index (Phi) is 2.69. The molecule has 1 N–H and O–H groups in total. The first kappa shape index (κ1) is 10.4. The molecule has 5 heteroatoms. The second-order valence-electron chi connectivity index (χ2n) is 3.49. The van der Waals surface area contributed by atoms with Gasteiger partial charge in [0.05, 0.1) is 4.92 Å². The first-order valence-corrected chi connectivity index (χ1v) is 4.31. The molecule has 0 aromatic carbocycles. The zero-order chi connectivity index (χ0) is 10.9. The fourth-order valence-electron chi connectivity index (χ4n) is 1.37.